The number of hydrogen-bond acceptors (Lipinski definition) is 3. The Kier molecular flexibility index (Phi) is 9.95. The second-order valence-electron chi connectivity index (χ2n) is 11.3. The van der Waals surface area contributed by atoms with Crippen LogP contribution >= 0.6 is 0 Å². The van der Waals surface area contributed by atoms with E-state index in [0.717, 1.165) is 41.0 Å². The predicted octanol–water partition coefficient (Wildman–Crippen LogP) is 6.71. The highest BCUT2D eigenvalue weighted by Crippen LogP contribution is 2.26. The van der Waals surface area contributed by atoms with Gasteiger partial charge in [0, 0.05) is 24.8 Å². The summed E-state index contributed by atoms with van der Waals surface area (Å²) in [6.07, 6.45) is 18.4. The molecule has 4 rings (SSSR count). The first-order chi connectivity index (χ1) is 17.6. The summed E-state index contributed by atoms with van der Waals surface area (Å²) in [7, 11) is 0. The fourth-order valence-corrected chi connectivity index (χ4v) is 5.88. The topological polar surface area (TPSA) is 33.7 Å². The van der Waals surface area contributed by atoms with E-state index in [0.29, 0.717) is 12.1 Å². The molecule has 198 valence electrons. The lowest BCUT2D eigenvalue weighted by Crippen LogP contribution is -2.36. The fraction of sp³-hybridized carbons (Fsp3) is 0.656. The molecule has 0 spiro atoms. The second-order valence-corrected chi connectivity index (χ2v) is 11.3. The van der Waals surface area contributed by atoms with E-state index in [-0.39, 0.29) is 0 Å². The van der Waals surface area contributed by atoms with E-state index in [1.165, 1.54) is 89.2 Å². The quantitative estimate of drug-likeness (QED) is 0.370. The van der Waals surface area contributed by atoms with Crippen LogP contribution in [0.5, 0.6) is 0 Å². The van der Waals surface area contributed by atoms with Crippen LogP contribution in [0.3, 0.4) is 0 Å². The van der Waals surface area contributed by atoms with E-state index >= 15 is 0 Å². The second kappa shape index (κ2) is 13.4. The summed E-state index contributed by atoms with van der Waals surface area (Å²) >= 11 is 0. The summed E-state index contributed by atoms with van der Waals surface area (Å²) in [5.41, 5.74) is 4.15. The van der Waals surface area contributed by atoms with Crippen molar-refractivity contribution in [3.8, 4) is 0 Å². The maximum atomic E-state index is 6.47. The Hall–Kier alpha value is -2.23. The standard InChI is InChI=1S/C32H49N3O/c1-5-22-34(23-21-25(3)6-2)29-19-17-27(18-20-29)24-31-26(4)35(30-15-11-8-12-16-30)32(36-31)33-28-13-9-7-10-14-28/h17-20,24-25,28,30H,4-16,21-23H2,1-3H3/b31-24+,33-32?. The van der Waals surface area contributed by atoms with Crippen molar-refractivity contribution in [2.45, 2.75) is 116 Å². The number of hydrogen-bond donors (Lipinski definition) is 0. The van der Waals surface area contributed by atoms with Crippen molar-refractivity contribution in [3.63, 3.8) is 0 Å². The molecule has 2 fully saturated rings. The Balaban J connectivity index is 1.62. The van der Waals surface area contributed by atoms with Gasteiger partial charge in [-0.15, -0.1) is 0 Å². The SMILES string of the molecule is C=c1/c(=C\c2ccc(N(CCC)CCC(C)CC)cc2)oc(=NC2CCCCC2)n1C1CCCCC1. The Morgan fingerprint density at radius 3 is 2.31 bits per heavy atom. The first-order valence-corrected chi connectivity index (χ1v) is 14.9. The highest BCUT2D eigenvalue weighted by molar-refractivity contribution is 5.55. The summed E-state index contributed by atoms with van der Waals surface area (Å²) in [6, 6.07) is 9.86. The summed E-state index contributed by atoms with van der Waals surface area (Å²) < 4.78 is 8.81. The average molecular weight is 492 g/mol. The summed E-state index contributed by atoms with van der Waals surface area (Å²) in [4.78, 5) is 7.68. The zero-order valence-electron chi connectivity index (χ0n) is 23.2. The van der Waals surface area contributed by atoms with Crippen LogP contribution in [0.2, 0.25) is 0 Å². The van der Waals surface area contributed by atoms with Gasteiger partial charge in [0.1, 0.15) is 0 Å². The van der Waals surface area contributed by atoms with E-state index in [2.05, 4.69) is 67.2 Å². The van der Waals surface area contributed by atoms with Crippen molar-refractivity contribution in [2.24, 2.45) is 10.9 Å². The van der Waals surface area contributed by atoms with Crippen molar-refractivity contribution in [3.05, 3.63) is 46.3 Å². The molecule has 1 atom stereocenters. The molecule has 0 N–H and O–H groups in total. The molecule has 4 nitrogen and oxygen atoms in total. The number of rotatable bonds is 10. The zero-order chi connectivity index (χ0) is 25.3. The van der Waals surface area contributed by atoms with Crippen LogP contribution in [0.15, 0.2) is 33.7 Å². The lowest BCUT2D eigenvalue weighted by Gasteiger charge is -2.26. The predicted molar refractivity (Wildman–Crippen MR) is 153 cm³/mol. The minimum absolute atomic E-state index is 0.395. The molecule has 0 aliphatic heterocycles. The molecule has 4 heteroatoms. The first kappa shape index (κ1) is 26.8. The zero-order valence-corrected chi connectivity index (χ0v) is 23.2. The molecule has 1 aromatic heterocycles. The Morgan fingerprint density at radius 2 is 1.67 bits per heavy atom. The van der Waals surface area contributed by atoms with Crippen molar-refractivity contribution in [1.82, 2.24) is 4.57 Å². The smallest absolute Gasteiger partial charge is 0.298 e. The molecule has 2 saturated carbocycles. The lowest BCUT2D eigenvalue weighted by molar-refractivity contribution is 0.310. The Morgan fingerprint density at radius 1 is 1.00 bits per heavy atom. The van der Waals surface area contributed by atoms with Crippen LogP contribution in [-0.4, -0.2) is 23.7 Å². The molecule has 0 bridgehead atoms. The Labute approximate surface area is 218 Å². The van der Waals surface area contributed by atoms with Gasteiger partial charge in [-0.25, -0.2) is 4.99 Å². The molecule has 1 unspecified atom stereocenters. The minimum atomic E-state index is 0.395. The van der Waals surface area contributed by atoms with Gasteiger partial charge in [-0.05, 0) is 68.2 Å². The van der Waals surface area contributed by atoms with Crippen LogP contribution in [-0.2, 0) is 0 Å². The number of oxazole rings is 1. The molecule has 2 aliphatic rings. The summed E-state index contributed by atoms with van der Waals surface area (Å²) in [5.74, 6) is 0.774. The third-order valence-corrected chi connectivity index (χ3v) is 8.43. The van der Waals surface area contributed by atoms with Gasteiger partial charge >= 0.3 is 0 Å². The first-order valence-electron chi connectivity index (χ1n) is 14.9. The monoisotopic (exact) mass is 491 g/mol. The van der Waals surface area contributed by atoms with Gasteiger partial charge in [0.25, 0.3) is 5.68 Å². The third-order valence-electron chi connectivity index (χ3n) is 8.43. The lowest BCUT2D eigenvalue weighted by atomic mass is 9.95. The molecular formula is C32H49N3O. The molecule has 1 aromatic carbocycles. The molecular weight excluding hydrogens is 442 g/mol. The normalized spacial score (nSPS) is 19.6. The van der Waals surface area contributed by atoms with Crippen molar-refractivity contribution >= 4 is 18.3 Å². The molecule has 0 amide bonds. The minimum Gasteiger partial charge on any atom is -0.424 e. The van der Waals surface area contributed by atoms with Gasteiger partial charge in [0.2, 0.25) is 0 Å². The number of anilines is 1. The Bertz CT molecular complexity index is 1100. The van der Waals surface area contributed by atoms with Crippen molar-refractivity contribution < 1.29 is 4.42 Å². The van der Waals surface area contributed by atoms with E-state index in [1.54, 1.807) is 0 Å². The van der Waals surface area contributed by atoms with Crippen molar-refractivity contribution in [1.29, 1.82) is 0 Å². The molecule has 2 aromatic rings. The number of benzene rings is 1. The van der Waals surface area contributed by atoms with Crippen LogP contribution in [0.25, 0.3) is 12.7 Å². The molecule has 2 aliphatic carbocycles. The maximum absolute atomic E-state index is 6.47. The highest BCUT2D eigenvalue weighted by atomic mass is 16.3. The number of aromatic nitrogens is 1. The van der Waals surface area contributed by atoms with Crippen LogP contribution in [0.4, 0.5) is 5.69 Å². The summed E-state index contributed by atoms with van der Waals surface area (Å²) in [5, 5.41) is 0.988. The maximum Gasteiger partial charge on any atom is 0.298 e. The molecule has 0 saturated heterocycles. The van der Waals surface area contributed by atoms with Gasteiger partial charge in [0.05, 0.1) is 11.4 Å². The molecule has 36 heavy (non-hydrogen) atoms. The van der Waals surface area contributed by atoms with Gasteiger partial charge in [-0.2, -0.15) is 0 Å². The van der Waals surface area contributed by atoms with Gasteiger partial charge < -0.3 is 9.32 Å². The summed E-state index contributed by atoms with van der Waals surface area (Å²) in [6.45, 7) is 13.6. The highest BCUT2D eigenvalue weighted by Gasteiger charge is 2.20. The van der Waals surface area contributed by atoms with Gasteiger partial charge in [-0.1, -0.05) is 84.4 Å². The van der Waals surface area contributed by atoms with Crippen LogP contribution < -0.4 is 21.3 Å². The fourth-order valence-electron chi connectivity index (χ4n) is 5.88. The largest absolute Gasteiger partial charge is 0.424 e. The molecule has 1 heterocycles. The van der Waals surface area contributed by atoms with Crippen LogP contribution in [0, 0.1) is 5.92 Å². The van der Waals surface area contributed by atoms with E-state index in [1.807, 2.05) is 0 Å². The van der Waals surface area contributed by atoms with E-state index in [9.17, 15) is 0 Å². The molecule has 0 radical (unpaired) electrons. The van der Waals surface area contributed by atoms with Gasteiger partial charge in [0.15, 0.2) is 5.42 Å². The number of nitrogens with zero attached hydrogens (tertiary/aromatic N) is 3. The average Bonchev–Trinajstić information content (AvgIpc) is 3.21. The van der Waals surface area contributed by atoms with E-state index in [4.69, 9.17) is 9.41 Å². The van der Waals surface area contributed by atoms with E-state index < -0.39 is 0 Å². The third kappa shape index (κ3) is 6.95. The van der Waals surface area contributed by atoms with Crippen molar-refractivity contribution in [2.75, 3.05) is 18.0 Å². The van der Waals surface area contributed by atoms with Gasteiger partial charge in [-0.3, -0.25) is 4.57 Å². The van der Waals surface area contributed by atoms with Crippen LogP contribution in [0.1, 0.15) is 116 Å².